The number of allylic oxidation sites excluding steroid dienone is 12. The third kappa shape index (κ3) is 47.7. The summed E-state index contributed by atoms with van der Waals surface area (Å²) in [6.07, 6.45) is 61.8. The Bertz CT molecular complexity index is 1160. The molecule has 61 heavy (non-hydrogen) atoms. The van der Waals surface area contributed by atoms with Gasteiger partial charge in [0.2, 0.25) is 0 Å². The minimum atomic E-state index is -0.800. The van der Waals surface area contributed by atoms with Gasteiger partial charge >= 0.3 is 17.9 Å². The second-order valence-corrected chi connectivity index (χ2v) is 16.7. The van der Waals surface area contributed by atoms with Crippen LogP contribution in [0, 0.1) is 0 Å². The number of carbonyl (C=O) groups excluding carboxylic acids is 3. The van der Waals surface area contributed by atoms with Gasteiger partial charge < -0.3 is 14.2 Å². The highest BCUT2D eigenvalue weighted by atomic mass is 16.6. The summed E-state index contributed by atoms with van der Waals surface area (Å²) in [6.45, 7) is 6.45. The summed E-state index contributed by atoms with van der Waals surface area (Å²) in [5.41, 5.74) is 0. The zero-order valence-electron chi connectivity index (χ0n) is 39.9. The van der Waals surface area contributed by atoms with Crippen LogP contribution in [-0.4, -0.2) is 37.2 Å². The van der Waals surface area contributed by atoms with Crippen molar-refractivity contribution in [2.75, 3.05) is 13.2 Å². The van der Waals surface area contributed by atoms with Gasteiger partial charge in [0, 0.05) is 19.3 Å². The van der Waals surface area contributed by atoms with Crippen LogP contribution in [0.25, 0.3) is 0 Å². The molecule has 0 amide bonds. The molecule has 0 bridgehead atoms. The highest BCUT2D eigenvalue weighted by molar-refractivity contribution is 5.71. The van der Waals surface area contributed by atoms with Crippen molar-refractivity contribution < 1.29 is 28.6 Å². The van der Waals surface area contributed by atoms with Crippen LogP contribution in [0.3, 0.4) is 0 Å². The van der Waals surface area contributed by atoms with E-state index < -0.39 is 6.10 Å². The first kappa shape index (κ1) is 57.9. The normalized spacial score (nSPS) is 12.6. The van der Waals surface area contributed by atoms with Crippen LogP contribution >= 0.6 is 0 Å². The molecule has 0 aliphatic heterocycles. The Labute approximate surface area is 376 Å². The number of hydrogen-bond acceptors (Lipinski definition) is 6. The first-order valence-corrected chi connectivity index (χ1v) is 25.4. The largest absolute Gasteiger partial charge is 0.462 e. The minimum Gasteiger partial charge on any atom is -0.462 e. The van der Waals surface area contributed by atoms with Gasteiger partial charge in [0.1, 0.15) is 13.2 Å². The maximum atomic E-state index is 12.8. The number of hydrogen-bond donors (Lipinski definition) is 0. The summed E-state index contributed by atoms with van der Waals surface area (Å²) < 4.78 is 16.7. The van der Waals surface area contributed by atoms with E-state index in [0.29, 0.717) is 19.3 Å². The van der Waals surface area contributed by atoms with Crippen LogP contribution < -0.4 is 0 Å². The number of ether oxygens (including phenoxy) is 3. The van der Waals surface area contributed by atoms with Crippen LogP contribution in [-0.2, 0) is 28.6 Å². The molecule has 6 nitrogen and oxygen atoms in total. The van der Waals surface area contributed by atoms with Crippen molar-refractivity contribution >= 4 is 17.9 Å². The van der Waals surface area contributed by atoms with Gasteiger partial charge in [-0.15, -0.1) is 0 Å². The molecule has 0 aliphatic rings. The molecule has 0 spiro atoms. The smallest absolute Gasteiger partial charge is 0.306 e. The van der Waals surface area contributed by atoms with Crippen molar-refractivity contribution in [1.82, 2.24) is 0 Å². The highest BCUT2D eigenvalue weighted by Gasteiger charge is 2.19. The number of rotatable bonds is 45. The lowest BCUT2D eigenvalue weighted by Crippen LogP contribution is -2.30. The zero-order chi connectivity index (χ0) is 44.4. The van der Waals surface area contributed by atoms with Crippen molar-refractivity contribution in [3.63, 3.8) is 0 Å². The molecule has 0 unspecified atom stereocenters. The highest BCUT2D eigenvalue weighted by Crippen LogP contribution is 2.15. The maximum absolute atomic E-state index is 12.8. The molecule has 0 N–H and O–H groups in total. The third-order valence-corrected chi connectivity index (χ3v) is 10.7. The Kier molecular flexibility index (Phi) is 46.9. The van der Waals surface area contributed by atoms with Gasteiger partial charge in [0.15, 0.2) is 6.10 Å². The van der Waals surface area contributed by atoms with Crippen LogP contribution in [0.4, 0.5) is 0 Å². The van der Waals surface area contributed by atoms with Crippen LogP contribution in [0.15, 0.2) is 72.9 Å². The van der Waals surface area contributed by atoms with E-state index in [1.165, 1.54) is 116 Å². The second-order valence-electron chi connectivity index (χ2n) is 16.7. The van der Waals surface area contributed by atoms with E-state index in [0.717, 1.165) is 77.0 Å². The van der Waals surface area contributed by atoms with E-state index in [4.69, 9.17) is 14.2 Å². The minimum absolute atomic E-state index is 0.0955. The molecule has 6 heteroatoms. The van der Waals surface area contributed by atoms with E-state index in [9.17, 15) is 14.4 Å². The van der Waals surface area contributed by atoms with Crippen LogP contribution in [0.2, 0.25) is 0 Å². The standard InChI is InChI=1S/C55H94O6/c1-4-7-10-13-16-19-22-25-26-27-28-29-30-31-34-36-39-42-45-48-54(57)60-51-52(61-55(58)49-46-43-40-37-33-24-21-18-15-12-9-6-3)50-59-53(56)47-44-41-38-35-32-23-20-17-14-11-8-5-2/h7,10,16,19,25-26,28-29,31,34,39,42,52H,4-6,8-9,11-15,17-18,20-24,27,30,32-33,35-38,40-41,43-51H2,1-3H3/b10-7-,19-16-,26-25-,29-28-,34-31-,42-39-/t52-/m1/s1. The molecule has 1 atom stereocenters. The molecular weight excluding hydrogens is 757 g/mol. The number of unbranched alkanes of at least 4 members (excludes halogenated alkanes) is 22. The van der Waals surface area contributed by atoms with E-state index in [2.05, 4.69) is 87.6 Å². The van der Waals surface area contributed by atoms with E-state index in [1.54, 1.807) is 0 Å². The average Bonchev–Trinajstić information content (AvgIpc) is 3.26. The van der Waals surface area contributed by atoms with E-state index >= 15 is 0 Å². The van der Waals surface area contributed by atoms with Gasteiger partial charge in [0.05, 0.1) is 0 Å². The Morgan fingerprint density at radius 2 is 0.639 bits per heavy atom. The fourth-order valence-corrected chi connectivity index (χ4v) is 6.94. The number of esters is 3. The first-order chi connectivity index (χ1) is 30.0. The lowest BCUT2D eigenvalue weighted by molar-refractivity contribution is -0.166. The Hall–Kier alpha value is -3.15. The molecule has 0 heterocycles. The summed E-state index contributed by atoms with van der Waals surface area (Å²) in [4.78, 5) is 37.9. The first-order valence-electron chi connectivity index (χ1n) is 25.4. The van der Waals surface area contributed by atoms with Gasteiger partial charge in [-0.05, 0) is 57.8 Å². The summed E-state index contributed by atoms with van der Waals surface area (Å²) in [7, 11) is 0. The quantitative estimate of drug-likeness (QED) is 0.0263. The summed E-state index contributed by atoms with van der Waals surface area (Å²) in [5.74, 6) is -0.981. The van der Waals surface area contributed by atoms with E-state index in [-0.39, 0.29) is 37.5 Å². The van der Waals surface area contributed by atoms with Gasteiger partial charge in [-0.3, -0.25) is 14.4 Å². The third-order valence-electron chi connectivity index (χ3n) is 10.7. The Morgan fingerprint density at radius 1 is 0.344 bits per heavy atom. The van der Waals surface area contributed by atoms with Crippen molar-refractivity contribution in [2.45, 2.75) is 245 Å². The fraction of sp³-hybridized carbons (Fsp3) is 0.727. The van der Waals surface area contributed by atoms with Crippen molar-refractivity contribution in [2.24, 2.45) is 0 Å². The van der Waals surface area contributed by atoms with Crippen molar-refractivity contribution in [3.05, 3.63) is 72.9 Å². The topological polar surface area (TPSA) is 78.9 Å². The zero-order valence-corrected chi connectivity index (χ0v) is 39.9. The maximum Gasteiger partial charge on any atom is 0.306 e. The lowest BCUT2D eigenvalue weighted by atomic mass is 10.0. The van der Waals surface area contributed by atoms with Gasteiger partial charge in [0.25, 0.3) is 0 Å². The molecule has 0 aromatic heterocycles. The predicted octanol–water partition coefficient (Wildman–Crippen LogP) is 16.6. The Morgan fingerprint density at radius 3 is 1.00 bits per heavy atom. The summed E-state index contributed by atoms with van der Waals surface area (Å²) in [5, 5.41) is 0. The van der Waals surface area contributed by atoms with Gasteiger partial charge in [-0.1, -0.05) is 235 Å². The number of carbonyl (C=O) groups is 3. The molecule has 0 aliphatic carbocycles. The van der Waals surface area contributed by atoms with Crippen molar-refractivity contribution in [1.29, 1.82) is 0 Å². The molecule has 0 rings (SSSR count). The summed E-state index contributed by atoms with van der Waals surface area (Å²) >= 11 is 0. The molecule has 0 saturated heterocycles. The van der Waals surface area contributed by atoms with Crippen LogP contribution in [0.5, 0.6) is 0 Å². The lowest BCUT2D eigenvalue weighted by Gasteiger charge is -2.18. The SMILES string of the molecule is CC/C=C\C/C=C\C/C=C\C/C=C\C/C=C\C/C=C\CCC(=O)OC[C@@H](COC(=O)CCCCCCCCCCCCCC)OC(=O)CCCCCCCCCCCCCC. The molecular formula is C55H94O6. The predicted molar refractivity (Wildman–Crippen MR) is 261 cm³/mol. The molecule has 0 radical (unpaired) electrons. The van der Waals surface area contributed by atoms with E-state index in [1.807, 2.05) is 6.08 Å². The Balaban J connectivity index is 4.46. The molecule has 350 valence electrons. The second kappa shape index (κ2) is 49.5. The fourth-order valence-electron chi connectivity index (χ4n) is 6.94. The van der Waals surface area contributed by atoms with Gasteiger partial charge in [-0.2, -0.15) is 0 Å². The molecule has 0 saturated carbocycles. The van der Waals surface area contributed by atoms with Crippen LogP contribution in [0.1, 0.15) is 239 Å². The molecule has 0 aromatic rings. The van der Waals surface area contributed by atoms with Crippen molar-refractivity contribution in [3.8, 4) is 0 Å². The van der Waals surface area contributed by atoms with Gasteiger partial charge in [-0.25, -0.2) is 0 Å². The molecule has 0 aromatic carbocycles. The average molecular weight is 851 g/mol. The molecule has 0 fully saturated rings. The summed E-state index contributed by atoms with van der Waals surface area (Å²) in [6, 6.07) is 0. The monoisotopic (exact) mass is 851 g/mol.